The quantitative estimate of drug-likeness (QED) is 0.604. The van der Waals surface area contributed by atoms with Crippen LogP contribution in [0.5, 0.6) is 0 Å². The molecule has 33 heavy (non-hydrogen) atoms. The molecule has 0 saturated carbocycles. The van der Waals surface area contributed by atoms with Gasteiger partial charge in [-0.15, -0.1) is 0 Å². The molecule has 1 aromatic heterocycles. The second-order valence-electron chi connectivity index (χ2n) is 9.03. The Morgan fingerprint density at radius 2 is 1.82 bits per heavy atom. The van der Waals surface area contributed by atoms with Gasteiger partial charge in [-0.25, -0.2) is 9.78 Å². The predicted molar refractivity (Wildman–Crippen MR) is 128 cm³/mol. The zero-order valence-electron chi connectivity index (χ0n) is 19.5. The third kappa shape index (κ3) is 6.32. The first-order chi connectivity index (χ1) is 16.1. The van der Waals surface area contributed by atoms with E-state index < -0.39 is 0 Å². The first-order valence-electron chi connectivity index (χ1n) is 12.0. The molecule has 2 aromatic rings. The van der Waals surface area contributed by atoms with Gasteiger partial charge in [-0.1, -0.05) is 18.2 Å². The van der Waals surface area contributed by atoms with E-state index in [9.17, 15) is 9.59 Å². The number of piperidine rings is 1. The van der Waals surface area contributed by atoms with Crippen molar-refractivity contribution in [1.82, 2.24) is 14.8 Å². The Hall–Kier alpha value is -2.93. The molecule has 1 aromatic carbocycles. The number of anilines is 1. The van der Waals surface area contributed by atoms with Crippen LogP contribution in [0, 0.1) is 5.92 Å². The van der Waals surface area contributed by atoms with E-state index in [0.29, 0.717) is 17.9 Å². The number of methoxy groups -OCH3 is 1. The molecule has 7 nitrogen and oxygen atoms in total. The molecular formula is C26H34N4O3. The number of aromatic nitrogens is 1. The minimum absolute atomic E-state index is 0.284. The van der Waals surface area contributed by atoms with Gasteiger partial charge in [0.1, 0.15) is 5.82 Å². The lowest BCUT2D eigenvalue weighted by atomic mass is 9.92. The van der Waals surface area contributed by atoms with Crippen molar-refractivity contribution in [2.75, 3.05) is 51.3 Å². The van der Waals surface area contributed by atoms with Gasteiger partial charge in [0.15, 0.2) is 0 Å². The molecule has 0 unspecified atom stereocenters. The number of benzene rings is 1. The van der Waals surface area contributed by atoms with Crippen LogP contribution < -0.4 is 4.90 Å². The molecule has 0 spiro atoms. The average molecular weight is 451 g/mol. The normalized spacial score (nSPS) is 19.4. The van der Waals surface area contributed by atoms with E-state index >= 15 is 0 Å². The summed E-state index contributed by atoms with van der Waals surface area (Å²) in [6.07, 6.45) is 5.77. The van der Waals surface area contributed by atoms with Crippen LogP contribution in [0.15, 0.2) is 48.7 Å². The summed E-state index contributed by atoms with van der Waals surface area (Å²) in [6, 6.07) is 13.6. The van der Waals surface area contributed by atoms with E-state index in [1.807, 2.05) is 53.6 Å². The molecule has 3 heterocycles. The molecule has 2 saturated heterocycles. The third-order valence-electron chi connectivity index (χ3n) is 6.76. The van der Waals surface area contributed by atoms with Crippen LogP contribution in [0.25, 0.3) is 0 Å². The highest BCUT2D eigenvalue weighted by molar-refractivity contribution is 5.89. The molecule has 0 N–H and O–H groups in total. The molecule has 0 radical (unpaired) electrons. The Balaban J connectivity index is 1.20. The van der Waals surface area contributed by atoms with E-state index in [1.54, 1.807) is 0 Å². The summed E-state index contributed by atoms with van der Waals surface area (Å²) in [6.45, 7) is 6.21. The second-order valence-corrected chi connectivity index (χ2v) is 9.03. The van der Waals surface area contributed by atoms with Gasteiger partial charge in [0, 0.05) is 51.9 Å². The molecule has 2 fully saturated rings. The zero-order valence-corrected chi connectivity index (χ0v) is 19.5. The van der Waals surface area contributed by atoms with E-state index in [2.05, 4.69) is 14.8 Å². The maximum atomic E-state index is 12.8. The molecule has 1 amide bonds. The van der Waals surface area contributed by atoms with Gasteiger partial charge < -0.3 is 14.5 Å². The number of amides is 1. The van der Waals surface area contributed by atoms with Crippen molar-refractivity contribution in [2.45, 2.75) is 32.2 Å². The topological polar surface area (TPSA) is 66.0 Å². The van der Waals surface area contributed by atoms with Crippen LogP contribution >= 0.6 is 0 Å². The van der Waals surface area contributed by atoms with Gasteiger partial charge in [-0.05, 0) is 61.6 Å². The van der Waals surface area contributed by atoms with E-state index in [-0.39, 0.29) is 11.9 Å². The Bertz CT molecular complexity index is 911. The number of ether oxygens (including phenoxy) is 1. The van der Waals surface area contributed by atoms with E-state index in [0.717, 1.165) is 58.1 Å². The molecule has 7 heteroatoms. The van der Waals surface area contributed by atoms with Gasteiger partial charge in [-0.3, -0.25) is 9.69 Å². The average Bonchev–Trinajstić information content (AvgIpc) is 2.88. The zero-order chi connectivity index (χ0) is 23.0. The van der Waals surface area contributed by atoms with Crippen LogP contribution in [0.3, 0.4) is 0 Å². The minimum Gasteiger partial charge on any atom is -0.465 e. The number of pyridine rings is 1. The van der Waals surface area contributed by atoms with Crippen LogP contribution in [0.2, 0.25) is 0 Å². The lowest BCUT2D eigenvalue weighted by Gasteiger charge is -2.36. The van der Waals surface area contributed by atoms with Crippen LogP contribution in [0.1, 0.15) is 41.6 Å². The molecule has 0 aliphatic carbocycles. The molecule has 4 rings (SSSR count). The SMILES string of the molecule is COC(=O)c1ccc(CN2CCC[C@H](CCC(=O)N3CCN(c4ccccn4)CC3)C2)cc1. The lowest BCUT2D eigenvalue weighted by Crippen LogP contribution is -2.49. The number of carbonyl (C=O) groups is 2. The monoisotopic (exact) mass is 450 g/mol. The first-order valence-corrected chi connectivity index (χ1v) is 12.0. The van der Waals surface area contributed by atoms with Crippen molar-refractivity contribution in [3.63, 3.8) is 0 Å². The Kier molecular flexibility index (Phi) is 7.94. The Labute approximate surface area is 196 Å². The highest BCUT2D eigenvalue weighted by atomic mass is 16.5. The van der Waals surface area contributed by atoms with Crippen molar-refractivity contribution >= 4 is 17.7 Å². The van der Waals surface area contributed by atoms with Gasteiger partial charge in [0.2, 0.25) is 5.91 Å². The van der Waals surface area contributed by atoms with E-state index in [1.165, 1.54) is 25.5 Å². The van der Waals surface area contributed by atoms with Gasteiger partial charge >= 0.3 is 5.97 Å². The van der Waals surface area contributed by atoms with Gasteiger partial charge in [0.25, 0.3) is 0 Å². The van der Waals surface area contributed by atoms with Crippen LogP contribution in [0.4, 0.5) is 5.82 Å². The Morgan fingerprint density at radius 1 is 1.03 bits per heavy atom. The summed E-state index contributed by atoms with van der Waals surface area (Å²) >= 11 is 0. The highest BCUT2D eigenvalue weighted by Gasteiger charge is 2.24. The lowest BCUT2D eigenvalue weighted by molar-refractivity contribution is -0.131. The van der Waals surface area contributed by atoms with Crippen molar-refractivity contribution < 1.29 is 14.3 Å². The maximum Gasteiger partial charge on any atom is 0.337 e. The molecule has 1 atom stereocenters. The number of hydrogen-bond acceptors (Lipinski definition) is 6. The number of piperazine rings is 1. The number of carbonyl (C=O) groups excluding carboxylic acids is 2. The molecular weight excluding hydrogens is 416 g/mol. The summed E-state index contributed by atoms with van der Waals surface area (Å²) in [5.74, 6) is 1.53. The fraction of sp³-hybridized carbons (Fsp3) is 0.500. The number of hydrogen-bond donors (Lipinski definition) is 0. The summed E-state index contributed by atoms with van der Waals surface area (Å²) in [4.78, 5) is 35.6. The van der Waals surface area contributed by atoms with Crippen molar-refractivity contribution in [2.24, 2.45) is 5.92 Å². The second kappa shape index (κ2) is 11.3. The fourth-order valence-electron chi connectivity index (χ4n) is 4.86. The largest absolute Gasteiger partial charge is 0.465 e. The summed E-state index contributed by atoms with van der Waals surface area (Å²) in [5, 5.41) is 0. The predicted octanol–water partition coefficient (Wildman–Crippen LogP) is 3.21. The first kappa shape index (κ1) is 23.2. The highest BCUT2D eigenvalue weighted by Crippen LogP contribution is 2.23. The van der Waals surface area contributed by atoms with Gasteiger partial charge in [-0.2, -0.15) is 0 Å². The van der Waals surface area contributed by atoms with Crippen molar-refractivity contribution in [3.8, 4) is 0 Å². The van der Waals surface area contributed by atoms with Crippen LogP contribution in [-0.2, 0) is 16.1 Å². The van der Waals surface area contributed by atoms with E-state index in [4.69, 9.17) is 4.74 Å². The maximum absolute atomic E-state index is 12.8. The number of esters is 1. The van der Waals surface area contributed by atoms with Gasteiger partial charge in [0.05, 0.1) is 12.7 Å². The number of likely N-dealkylation sites (tertiary alicyclic amines) is 1. The summed E-state index contributed by atoms with van der Waals surface area (Å²) < 4.78 is 4.77. The molecule has 176 valence electrons. The molecule has 0 bridgehead atoms. The van der Waals surface area contributed by atoms with Crippen molar-refractivity contribution in [1.29, 1.82) is 0 Å². The fourth-order valence-corrected chi connectivity index (χ4v) is 4.86. The standard InChI is InChI=1S/C26H34N4O3/c1-33-26(32)23-10-7-22(8-11-23)20-28-14-4-5-21(19-28)9-12-25(31)30-17-15-29(16-18-30)24-6-2-3-13-27-24/h2-3,6-8,10-11,13,21H,4-5,9,12,14-20H2,1H3/t21-/m1/s1. The smallest absolute Gasteiger partial charge is 0.337 e. The minimum atomic E-state index is -0.303. The summed E-state index contributed by atoms with van der Waals surface area (Å²) in [7, 11) is 1.40. The van der Waals surface area contributed by atoms with Crippen molar-refractivity contribution in [3.05, 3.63) is 59.8 Å². The third-order valence-corrected chi connectivity index (χ3v) is 6.76. The van der Waals surface area contributed by atoms with Crippen LogP contribution in [-0.4, -0.2) is 73.0 Å². The molecule has 2 aliphatic heterocycles. The Morgan fingerprint density at radius 3 is 2.52 bits per heavy atom. The number of nitrogens with zero attached hydrogens (tertiary/aromatic N) is 4. The summed E-state index contributed by atoms with van der Waals surface area (Å²) in [5.41, 5.74) is 1.78. The number of rotatable bonds is 7. The molecule has 2 aliphatic rings.